The highest BCUT2D eigenvalue weighted by Crippen LogP contribution is 2.16. The minimum atomic E-state index is -0.337. The first kappa shape index (κ1) is 16.4. The van der Waals surface area contributed by atoms with Gasteiger partial charge in [0.1, 0.15) is 6.10 Å². The molecule has 3 rings (SSSR count). The topological polar surface area (TPSA) is 69.7 Å². The van der Waals surface area contributed by atoms with Crippen molar-refractivity contribution in [2.75, 3.05) is 13.2 Å². The first-order valence-corrected chi connectivity index (χ1v) is 7.98. The van der Waals surface area contributed by atoms with Crippen LogP contribution in [0.3, 0.4) is 0 Å². The van der Waals surface area contributed by atoms with Gasteiger partial charge >= 0.3 is 0 Å². The Bertz CT molecular complexity index is 640. The number of pyridine rings is 1. The first-order valence-electron chi connectivity index (χ1n) is 7.98. The normalized spacial score (nSPS) is 15.0. The van der Waals surface area contributed by atoms with E-state index in [1.54, 1.807) is 12.1 Å². The van der Waals surface area contributed by atoms with Gasteiger partial charge in [-0.15, -0.1) is 0 Å². The number of aromatic nitrogens is 1. The van der Waals surface area contributed by atoms with Gasteiger partial charge in [0.15, 0.2) is 0 Å². The molecule has 1 aromatic heterocycles. The molecule has 1 N–H and O–H groups in total. The van der Waals surface area contributed by atoms with E-state index in [4.69, 9.17) is 14.3 Å². The second-order valence-electron chi connectivity index (χ2n) is 5.52. The Morgan fingerprint density at radius 2 is 1.96 bits per heavy atom. The van der Waals surface area contributed by atoms with Gasteiger partial charge in [-0.25, -0.2) is 10.5 Å². The standard InChI is InChI=1S/C18H20N2O4/c21-18(20-23-13-14-4-2-1-3-5-14)15-6-7-17(19-12-15)24-16-8-10-22-11-9-16/h1-7,12,16H,8-11,13H2,(H,20,21). The minimum absolute atomic E-state index is 0.125. The number of hydrogen-bond acceptors (Lipinski definition) is 5. The summed E-state index contributed by atoms with van der Waals surface area (Å²) in [5.74, 6) is 0.180. The maximum Gasteiger partial charge on any atom is 0.276 e. The average Bonchev–Trinajstić information content (AvgIpc) is 2.64. The van der Waals surface area contributed by atoms with Gasteiger partial charge in [0.2, 0.25) is 5.88 Å². The van der Waals surface area contributed by atoms with E-state index in [2.05, 4.69) is 10.5 Å². The van der Waals surface area contributed by atoms with Crippen molar-refractivity contribution >= 4 is 5.91 Å². The van der Waals surface area contributed by atoms with Crippen molar-refractivity contribution in [1.82, 2.24) is 10.5 Å². The maximum atomic E-state index is 12.0. The van der Waals surface area contributed by atoms with Gasteiger partial charge < -0.3 is 9.47 Å². The molecule has 0 saturated carbocycles. The van der Waals surface area contributed by atoms with Gasteiger partial charge in [-0.2, -0.15) is 0 Å². The molecular weight excluding hydrogens is 308 g/mol. The molecule has 6 heteroatoms. The van der Waals surface area contributed by atoms with Crippen LogP contribution < -0.4 is 10.2 Å². The highest BCUT2D eigenvalue weighted by molar-refractivity contribution is 5.93. The van der Waals surface area contributed by atoms with Crippen LogP contribution in [0.1, 0.15) is 28.8 Å². The van der Waals surface area contributed by atoms with E-state index in [1.807, 2.05) is 30.3 Å². The molecule has 1 fully saturated rings. The average molecular weight is 328 g/mol. The Morgan fingerprint density at radius 1 is 1.17 bits per heavy atom. The molecule has 126 valence electrons. The van der Waals surface area contributed by atoms with E-state index in [1.165, 1.54) is 6.20 Å². The van der Waals surface area contributed by atoms with Crippen molar-refractivity contribution < 1.29 is 19.1 Å². The molecule has 1 saturated heterocycles. The third kappa shape index (κ3) is 4.78. The fraction of sp³-hybridized carbons (Fsp3) is 0.333. The van der Waals surface area contributed by atoms with Crippen LogP contribution in [0.2, 0.25) is 0 Å². The number of ether oxygens (including phenoxy) is 2. The summed E-state index contributed by atoms with van der Waals surface area (Å²) >= 11 is 0. The monoisotopic (exact) mass is 328 g/mol. The third-order valence-corrected chi connectivity index (χ3v) is 3.70. The Balaban J connectivity index is 1.46. The van der Waals surface area contributed by atoms with Gasteiger partial charge in [-0.1, -0.05) is 30.3 Å². The zero-order valence-corrected chi connectivity index (χ0v) is 13.3. The quantitative estimate of drug-likeness (QED) is 0.825. The SMILES string of the molecule is O=C(NOCc1ccccc1)c1ccc(OC2CCOCC2)nc1. The lowest BCUT2D eigenvalue weighted by atomic mass is 10.1. The molecule has 0 aliphatic carbocycles. The molecule has 2 heterocycles. The zero-order valence-electron chi connectivity index (χ0n) is 13.3. The predicted octanol–water partition coefficient (Wildman–Crippen LogP) is 2.50. The van der Waals surface area contributed by atoms with Crippen molar-refractivity contribution in [2.45, 2.75) is 25.6 Å². The van der Waals surface area contributed by atoms with Crippen LogP contribution in [0.25, 0.3) is 0 Å². The molecule has 6 nitrogen and oxygen atoms in total. The predicted molar refractivity (Wildman–Crippen MR) is 87.4 cm³/mol. The Kier molecular flexibility index (Phi) is 5.76. The van der Waals surface area contributed by atoms with E-state index in [9.17, 15) is 4.79 Å². The number of nitrogens with zero attached hydrogens (tertiary/aromatic N) is 1. The second kappa shape index (κ2) is 8.42. The molecule has 0 bridgehead atoms. The number of amides is 1. The van der Waals surface area contributed by atoms with Crippen LogP contribution in [0.5, 0.6) is 5.88 Å². The van der Waals surface area contributed by atoms with Crippen LogP contribution >= 0.6 is 0 Å². The number of benzene rings is 1. The molecule has 0 radical (unpaired) electrons. The van der Waals surface area contributed by atoms with Crippen LogP contribution in [-0.2, 0) is 16.2 Å². The molecule has 1 aliphatic rings. The van der Waals surface area contributed by atoms with Gasteiger partial charge in [0.25, 0.3) is 5.91 Å². The van der Waals surface area contributed by atoms with Crippen LogP contribution in [0.15, 0.2) is 48.7 Å². The fourth-order valence-corrected chi connectivity index (χ4v) is 2.37. The molecule has 24 heavy (non-hydrogen) atoms. The Labute approximate surface area is 140 Å². The summed E-state index contributed by atoms with van der Waals surface area (Å²) in [6.07, 6.45) is 3.32. The minimum Gasteiger partial charge on any atom is -0.474 e. The summed E-state index contributed by atoms with van der Waals surface area (Å²) < 4.78 is 11.1. The van der Waals surface area contributed by atoms with Crippen LogP contribution in [0, 0.1) is 0 Å². The first-order chi connectivity index (χ1) is 11.8. The van der Waals surface area contributed by atoms with Crippen molar-refractivity contribution in [3.8, 4) is 5.88 Å². The number of carbonyl (C=O) groups excluding carboxylic acids is 1. The zero-order chi connectivity index (χ0) is 16.6. The number of rotatable bonds is 6. The summed E-state index contributed by atoms with van der Waals surface area (Å²) in [7, 11) is 0. The van der Waals surface area contributed by atoms with Gasteiger partial charge in [0, 0.05) is 25.1 Å². The molecule has 1 amide bonds. The largest absolute Gasteiger partial charge is 0.474 e. The second-order valence-corrected chi connectivity index (χ2v) is 5.52. The van der Waals surface area contributed by atoms with Crippen LogP contribution in [-0.4, -0.2) is 30.2 Å². The summed E-state index contributed by atoms with van der Waals surface area (Å²) in [5.41, 5.74) is 3.81. The molecule has 2 aromatic rings. The highest BCUT2D eigenvalue weighted by Gasteiger charge is 2.16. The highest BCUT2D eigenvalue weighted by atomic mass is 16.6. The lowest BCUT2D eigenvalue weighted by Gasteiger charge is -2.22. The molecule has 0 unspecified atom stereocenters. The van der Waals surface area contributed by atoms with Crippen molar-refractivity contribution in [3.05, 3.63) is 59.8 Å². The maximum absolute atomic E-state index is 12.0. The molecule has 1 aromatic carbocycles. The molecule has 0 atom stereocenters. The van der Waals surface area contributed by atoms with E-state index >= 15 is 0 Å². The summed E-state index contributed by atoms with van der Waals surface area (Å²) in [5, 5.41) is 0. The van der Waals surface area contributed by atoms with E-state index in [0.717, 1.165) is 18.4 Å². The van der Waals surface area contributed by atoms with Crippen molar-refractivity contribution in [1.29, 1.82) is 0 Å². The van der Waals surface area contributed by atoms with Gasteiger partial charge in [-0.05, 0) is 11.6 Å². The number of hydrogen-bond donors (Lipinski definition) is 1. The lowest BCUT2D eigenvalue weighted by molar-refractivity contribution is 0.0228. The van der Waals surface area contributed by atoms with Crippen molar-refractivity contribution in [3.63, 3.8) is 0 Å². The van der Waals surface area contributed by atoms with E-state index in [0.29, 0.717) is 31.3 Å². The molecular formula is C18H20N2O4. The van der Waals surface area contributed by atoms with E-state index in [-0.39, 0.29) is 12.0 Å². The van der Waals surface area contributed by atoms with Gasteiger partial charge in [0.05, 0.1) is 25.4 Å². The number of hydroxylamine groups is 1. The summed E-state index contributed by atoms with van der Waals surface area (Å²) in [4.78, 5) is 21.4. The Morgan fingerprint density at radius 3 is 2.67 bits per heavy atom. The Hall–Kier alpha value is -2.44. The molecule has 1 aliphatic heterocycles. The fourth-order valence-electron chi connectivity index (χ4n) is 2.37. The smallest absolute Gasteiger partial charge is 0.276 e. The van der Waals surface area contributed by atoms with Gasteiger partial charge in [-0.3, -0.25) is 9.63 Å². The number of carbonyl (C=O) groups is 1. The van der Waals surface area contributed by atoms with Crippen molar-refractivity contribution in [2.24, 2.45) is 0 Å². The summed E-state index contributed by atoms with van der Waals surface area (Å²) in [6.45, 7) is 1.73. The molecule has 0 spiro atoms. The third-order valence-electron chi connectivity index (χ3n) is 3.70. The number of nitrogens with one attached hydrogen (secondary N) is 1. The summed E-state index contributed by atoms with van der Waals surface area (Å²) in [6, 6.07) is 13.0. The van der Waals surface area contributed by atoms with Crippen LogP contribution in [0.4, 0.5) is 0 Å². The lowest BCUT2D eigenvalue weighted by Crippen LogP contribution is -2.26. The van der Waals surface area contributed by atoms with E-state index < -0.39 is 0 Å².